The highest BCUT2D eigenvalue weighted by molar-refractivity contribution is 5.97. The van der Waals surface area contributed by atoms with Crippen molar-refractivity contribution in [1.82, 2.24) is 10.2 Å². The largest absolute Gasteiger partial charge is 0.371 e. The van der Waals surface area contributed by atoms with Gasteiger partial charge in [0.15, 0.2) is 0 Å². The van der Waals surface area contributed by atoms with Crippen LogP contribution >= 0.6 is 0 Å². The zero-order chi connectivity index (χ0) is 21.1. The predicted octanol–water partition coefficient (Wildman–Crippen LogP) is 3.88. The van der Waals surface area contributed by atoms with Gasteiger partial charge in [-0.1, -0.05) is 6.92 Å². The van der Waals surface area contributed by atoms with Gasteiger partial charge in [-0.05, 0) is 95.8 Å². The Morgan fingerprint density at radius 3 is 2.33 bits per heavy atom. The Morgan fingerprint density at radius 1 is 1.10 bits per heavy atom. The lowest BCUT2D eigenvalue weighted by molar-refractivity contribution is -0.129. The average molecular weight is 413 g/mol. The minimum atomic E-state index is -0.201. The zero-order valence-corrected chi connectivity index (χ0v) is 19.2. The van der Waals surface area contributed by atoms with E-state index in [1.54, 1.807) is 0 Å². The van der Waals surface area contributed by atoms with Crippen molar-refractivity contribution >= 4 is 17.3 Å². The molecule has 0 bridgehead atoms. The topological polar surface area (TPSA) is 38.8 Å². The fraction of sp³-hybridized carbons (Fsp3) is 0.720. The van der Waals surface area contributed by atoms with Gasteiger partial charge in [0.25, 0.3) is 0 Å². The molecule has 0 aromatic heterocycles. The third kappa shape index (κ3) is 4.24. The van der Waals surface area contributed by atoms with Crippen LogP contribution in [0, 0.1) is 5.41 Å². The first-order chi connectivity index (χ1) is 14.5. The van der Waals surface area contributed by atoms with E-state index in [9.17, 15) is 4.79 Å². The van der Waals surface area contributed by atoms with Gasteiger partial charge in [0.2, 0.25) is 5.91 Å². The van der Waals surface area contributed by atoms with Gasteiger partial charge in [0.1, 0.15) is 0 Å². The molecule has 3 fully saturated rings. The third-order valence-electron chi connectivity index (χ3n) is 8.14. The molecule has 3 aliphatic rings. The number of amides is 1. The molecule has 4 rings (SSSR count). The summed E-state index contributed by atoms with van der Waals surface area (Å²) in [5.74, 6) is 0.278. The normalized spacial score (nSPS) is 25.4. The van der Waals surface area contributed by atoms with Crippen LogP contribution < -0.4 is 15.1 Å². The Labute approximate surface area is 182 Å². The molecule has 1 aromatic carbocycles. The molecule has 1 atom stereocenters. The maximum Gasteiger partial charge on any atom is 0.233 e. The lowest BCUT2D eigenvalue weighted by atomic mass is 9.75. The number of piperidine rings is 2. The number of anilines is 2. The van der Waals surface area contributed by atoms with Crippen molar-refractivity contribution in [1.29, 1.82) is 0 Å². The van der Waals surface area contributed by atoms with E-state index in [1.807, 2.05) is 11.9 Å². The summed E-state index contributed by atoms with van der Waals surface area (Å²) in [5, 5.41) is 3.40. The fourth-order valence-corrected chi connectivity index (χ4v) is 5.94. The van der Waals surface area contributed by atoms with E-state index < -0.39 is 0 Å². The summed E-state index contributed by atoms with van der Waals surface area (Å²) in [4.78, 5) is 20.5. The van der Waals surface area contributed by atoms with Crippen LogP contribution in [0.3, 0.4) is 0 Å². The van der Waals surface area contributed by atoms with E-state index in [0.29, 0.717) is 0 Å². The van der Waals surface area contributed by atoms with Gasteiger partial charge in [0.05, 0.1) is 5.41 Å². The van der Waals surface area contributed by atoms with Gasteiger partial charge in [-0.3, -0.25) is 9.69 Å². The second-order valence-electron chi connectivity index (χ2n) is 9.71. The number of rotatable bonds is 5. The van der Waals surface area contributed by atoms with Crippen LogP contribution in [0.25, 0.3) is 0 Å². The number of hydrogen-bond donors (Lipinski definition) is 1. The van der Waals surface area contributed by atoms with Crippen molar-refractivity contribution in [3.05, 3.63) is 24.3 Å². The smallest absolute Gasteiger partial charge is 0.233 e. The third-order valence-corrected chi connectivity index (χ3v) is 8.14. The van der Waals surface area contributed by atoms with Crippen LogP contribution in [0.5, 0.6) is 0 Å². The Balaban J connectivity index is 1.36. The summed E-state index contributed by atoms with van der Waals surface area (Å²) in [7, 11) is 1.94. The van der Waals surface area contributed by atoms with Gasteiger partial charge >= 0.3 is 0 Å². The van der Waals surface area contributed by atoms with Crippen LogP contribution in [0.2, 0.25) is 0 Å². The van der Waals surface area contributed by atoms with Crippen LogP contribution in [0.1, 0.15) is 58.8 Å². The van der Waals surface area contributed by atoms with Crippen LogP contribution in [0.15, 0.2) is 24.3 Å². The summed E-state index contributed by atoms with van der Waals surface area (Å²) in [6.07, 6.45) is 8.05. The van der Waals surface area contributed by atoms with Crippen LogP contribution in [-0.2, 0) is 4.79 Å². The van der Waals surface area contributed by atoms with Gasteiger partial charge in [-0.15, -0.1) is 0 Å². The van der Waals surface area contributed by atoms with Crippen molar-refractivity contribution in [2.45, 2.75) is 70.9 Å². The molecular formula is C25H40N4O. The molecule has 5 nitrogen and oxygen atoms in total. The molecule has 0 aliphatic carbocycles. The van der Waals surface area contributed by atoms with Crippen molar-refractivity contribution in [2.75, 3.05) is 49.6 Å². The monoisotopic (exact) mass is 412 g/mol. The van der Waals surface area contributed by atoms with E-state index >= 15 is 0 Å². The number of benzene rings is 1. The quantitative estimate of drug-likeness (QED) is 0.797. The summed E-state index contributed by atoms with van der Waals surface area (Å²) in [5.41, 5.74) is 2.10. The number of nitrogens with one attached hydrogen (secondary N) is 1. The standard InChI is InChI=1S/C25H40N4O/c1-4-25(13-15-26-16-14-25)24(30)27(3)21-7-9-22(10-8-21)28-18-11-23(12-19-28)29-17-5-6-20(29)2/h7-10,20,23,26H,4-6,11-19H2,1-3H3/t20-/m0/s1. The summed E-state index contributed by atoms with van der Waals surface area (Å²) < 4.78 is 0. The number of likely N-dealkylation sites (tertiary alicyclic amines) is 1. The maximum atomic E-state index is 13.3. The molecule has 1 aromatic rings. The highest BCUT2D eigenvalue weighted by Gasteiger charge is 2.40. The lowest BCUT2D eigenvalue weighted by Crippen LogP contribution is -2.48. The molecule has 166 valence electrons. The van der Waals surface area contributed by atoms with E-state index in [0.717, 1.165) is 63.2 Å². The predicted molar refractivity (Wildman–Crippen MR) is 125 cm³/mol. The van der Waals surface area contributed by atoms with E-state index in [2.05, 4.69) is 53.2 Å². The molecule has 1 amide bonds. The van der Waals surface area contributed by atoms with Gasteiger partial charge in [0, 0.05) is 43.6 Å². The first kappa shape index (κ1) is 21.6. The minimum Gasteiger partial charge on any atom is -0.371 e. The molecule has 3 aliphatic heterocycles. The molecule has 3 saturated heterocycles. The van der Waals surface area contributed by atoms with Crippen molar-refractivity contribution in [2.24, 2.45) is 5.41 Å². The SMILES string of the molecule is CCC1(C(=O)N(C)c2ccc(N3CCC(N4CCC[C@@H]4C)CC3)cc2)CCNCC1. The van der Waals surface area contributed by atoms with Gasteiger partial charge in [-0.2, -0.15) is 0 Å². The summed E-state index contributed by atoms with van der Waals surface area (Å²) >= 11 is 0. The number of hydrogen-bond acceptors (Lipinski definition) is 4. The minimum absolute atomic E-state index is 0.201. The van der Waals surface area contributed by atoms with E-state index in [4.69, 9.17) is 0 Å². The molecule has 1 N–H and O–H groups in total. The number of carbonyl (C=O) groups is 1. The Bertz CT molecular complexity index is 704. The molecule has 0 unspecified atom stereocenters. The van der Waals surface area contributed by atoms with E-state index in [-0.39, 0.29) is 11.3 Å². The molecule has 0 spiro atoms. The Hall–Kier alpha value is -1.59. The zero-order valence-electron chi connectivity index (χ0n) is 19.2. The molecule has 0 radical (unpaired) electrons. The second-order valence-corrected chi connectivity index (χ2v) is 9.71. The highest BCUT2D eigenvalue weighted by atomic mass is 16.2. The number of carbonyl (C=O) groups excluding carboxylic acids is 1. The highest BCUT2D eigenvalue weighted by Crippen LogP contribution is 2.36. The second kappa shape index (κ2) is 9.27. The van der Waals surface area contributed by atoms with Gasteiger partial charge < -0.3 is 15.1 Å². The molecule has 30 heavy (non-hydrogen) atoms. The Kier molecular flexibility index (Phi) is 6.69. The molecule has 0 saturated carbocycles. The average Bonchev–Trinajstić information content (AvgIpc) is 3.24. The van der Waals surface area contributed by atoms with Crippen LogP contribution in [-0.4, -0.2) is 62.7 Å². The molecular weight excluding hydrogens is 372 g/mol. The van der Waals surface area contributed by atoms with Crippen molar-refractivity contribution in [3.8, 4) is 0 Å². The Morgan fingerprint density at radius 2 is 1.77 bits per heavy atom. The van der Waals surface area contributed by atoms with Gasteiger partial charge in [-0.25, -0.2) is 0 Å². The molecule has 5 heteroatoms. The number of nitrogens with zero attached hydrogens (tertiary/aromatic N) is 3. The fourth-order valence-electron chi connectivity index (χ4n) is 5.94. The van der Waals surface area contributed by atoms with Crippen LogP contribution in [0.4, 0.5) is 11.4 Å². The van der Waals surface area contributed by atoms with Crippen molar-refractivity contribution < 1.29 is 4.79 Å². The lowest BCUT2D eigenvalue weighted by Gasteiger charge is -2.40. The molecule has 3 heterocycles. The van der Waals surface area contributed by atoms with E-state index in [1.165, 1.54) is 37.9 Å². The summed E-state index contributed by atoms with van der Waals surface area (Å²) in [6.45, 7) is 9.99. The van der Waals surface area contributed by atoms with Crippen molar-refractivity contribution in [3.63, 3.8) is 0 Å². The first-order valence-electron chi connectivity index (χ1n) is 12.1. The summed E-state index contributed by atoms with van der Waals surface area (Å²) in [6, 6.07) is 10.2. The maximum absolute atomic E-state index is 13.3. The first-order valence-corrected chi connectivity index (χ1v) is 12.1.